The molecule has 0 amide bonds. The second-order valence-electron chi connectivity index (χ2n) is 6.46. The SMILES string of the molecule is O=Cc1c(-c2nccc(NCCN3CCCC3)n2)[nH]c2ccc(Cl)cc12. The Morgan fingerprint density at radius 3 is 2.92 bits per heavy atom. The van der Waals surface area contributed by atoms with Crippen LogP contribution in [0.3, 0.4) is 0 Å². The highest BCUT2D eigenvalue weighted by atomic mass is 35.5. The first-order valence-electron chi connectivity index (χ1n) is 8.80. The van der Waals surface area contributed by atoms with E-state index < -0.39 is 0 Å². The van der Waals surface area contributed by atoms with Gasteiger partial charge in [-0.1, -0.05) is 11.6 Å². The third kappa shape index (κ3) is 3.43. The lowest BCUT2D eigenvalue weighted by Crippen LogP contribution is -2.26. The molecule has 1 fully saturated rings. The summed E-state index contributed by atoms with van der Waals surface area (Å²) in [7, 11) is 0. The summed E-state index contributed by atoms with van der Waals surface area (Å²) in [5.74, 6) is 1.24. The monoisotopic (exact) mass is 369 g/mol. The van der Waals surface area contributed by atoms with Crippen molar-refractivity contribution in [1.82, 2.24) is 19.9 Å². The van der Waals surface area contributed by atoms with Gasteiger partial charge in [0.25, 0.3) is 0 Å². The van der Waals surface area contributed by atoms with Gasteiger partial charge < -0.3 is 15.2 Å². The van der Waals surface area contributed by atoms with E-state index in [9.17, 15) is 4.79 Å². The van der Waals surface area contributed by atoms with E-state index in [0.717, 1.165) is 36.1 Å². The Kier molecular flexibility index (Phi) is 4.86. The highest BCUT2D eigenvalue weighted by Gasteiger charge is 2.16. The number of aromatic nitrogens is 3. The predicted octanol–water partition coefficient (Wildman–Crippen LogP) is 3.60. The van der Waals surface area contributed by atoms with Crippen molar-refractivity contribution in [2.75, 3.05) is 31.5 Å². The van der Waals surface area contributed by atoms with E-state index in [2.05, 4.69) is 25.2 Å². The fraction of sp³-hybridized carbons (Fsp3) is 0.316. The number of fused-ring (bicyclic) bond motifs is 1. The average Bonchev–Trinajstić information content (AvgIpc) is 3.29. The first-order valence-corrected chi connectivity index (χ1v) is 9.18. The quantitative estimate of drug-likeness (QED) is 0.649. The van der Waals surface area contributed by atoms with Gasteiger partial charge in [0, 0.05) is 35.2 Å². The molecule has 3 aromatic rings. The third-order valence-electron chi connectivity index (χ3n) is 4.73. The number of nitrogens with zero attached hydrogens (tertiary/aromatic N) is 3. The number of hydrogen-bond acceptors (Lipinski definition) is 5. The van der Waals surface area contributed by atoms with Crippen molar-refractivity contribution >= 4 is 34.6 Å². The lowest BCUT2D eigenvalue weighted by atomic mass is 10.1. The zero-order chi connectivity index (χ0) is 17.9. The number of aldehydes is 1. The number of benzene rings is 1. The molecule has 0 saturated carbocycles. The second-order valence-corrected chi connectivity index (χ2v) is 6.90. The highest BCUT2D eigenvalue weighted by molar-refractivity contribution is 6.31. The van der Waals surface area contributed by atoms with Crippen LogP contribution in [0.4, 0.5) is 5.82 Å². The molecular formula is C19H20ClN5O. The molecule has 0 radical (unpaired) electrons. The molecule has 6 nitrogen and oxygen atoms in total. The van der Waals surface area contributed by atoms with Crippen LogP contribution in [0.25, 0.3) is 22.4 Å². The van der Waals surface area contributed by atoms with Gasteiger partial charge in [-0.3, -0.25) is 4.79 Å². The molecule has 3 heterocycles. The molecule has 4 rings (SSSR count). The molecular weight excluding hydrogens is 350 g/mol. The summed E-state index contributed by atoms with van der Waals surface area (Å²) in [6, 6.07) is 7.26. The molecule has 0 spiro atoms. The lowest BCUT2D eigenvalue weighted by Gasteiger charge is -2.15. The zero-order valence-electron chi connectivity index (χ0n) is 14.3. The van der Waals surface area contributed by atoms with E-state index in [0.29, 0.717) is 22.1 Å². The molecule has 1 aliphatic heterocycles. The Bertz CT molecular complexity index is 933. The Balaban J connectivity index is 1.57. The fourth-order valence-electron chi connectivity index (χ4n) is 3.41. The maximum Gasteiger partial charge on any atom is 0.178 e. The smallest absolute Gasteiger partial charge is 0.178 e. The molecule has 0 bridgehead atoms. The summed E-state index contributed by atoms with van der Waals surface area (Å²) in [4.78, 5) is 26.2. The van der Waals surface area contributed by atoms with Crippen molar-refractivity contribution in [3.63, 3.8) is 0 Å². The van der Waals surface area contributed by atoms with Crippen LogP contribution in [0, 0.1) is 0 Å². The van der Waals surface area contributed by atoms with Gasteiger partial charge in [-0.25, -0.2) is 9.97 Å². The first-order chi connectivity index (χ1) is 12.7. The maximum atomic E-state index is 11.7. The normalized spacial score (nSPS) is 14.8. The molecule has 1 aromatic carbocycles. The molecule has 1 aliphatic rings. The number of nitrogens with one attached hydrogen (secondary N) is 2. The van der Waals surface area contributed by atoms with Crippen molar-refractivity contribution in [1.29, 1.82) is 0 Å². The summed E-state index contributed by atoms with van der Waals surface area (Å²) in [6.45, 7) is 4.19. The zero-order valence-corrected chi connectivity index (χ0v) is 15.1. The van der Waals surface area contributed by atoms with Crippen LogP contribution in [0.5, 0.6) is 0 Å². The van der Waals surface area contributed by atoms with Gasteiger partial charge in [-0.2, -0.15) is 0 Å². The van der Waals surface area contributed by atoms with Crippen molar-refractivity contribution in [3.8, 4) is 11.5 Å². The van der Waals surface area contributed by atoms with Crippen LogP contribution < -0.4 is 5.32 Å². The number of hydrogen-bond donors (Lipinski definition) is 2. The van der Waals surface area contributed by atoms with E-state index in [1.807, 2.05) is 12.1 Å². The number of carbonyl (C=O) groups is 1. The largest absolute Gasteiger partial charge is 0.369 e. The van der Waals surface area contributed by atoms with Crippen LogP contribution in [0.1, 0.15) is 23.2 Å². The Labute approximate surface area is 156 Å². The lowest BCUT2D eigenvalue weighted by molar-refractivity contribution is 0.112. The minimum Gasteiger partial charge on any atom is -0.369 e. The molecule has 134 valence electrons. The van der Waals surface area contributed by atoms with Crippen LogP contribution in [0.15, 0.2) is 30.5 Å². The number of H-pyrrole nitrogens is 1. The van der Waals surface area contributed by atoms with E-state index in [1.165, 1.54) is 25.9 Å². The Morgan fingerprint density at radius 1 is 1.27 bits per heavy atom. The number of carbonyl (C=O) groups excluding carboxylic acids is 1. The van der Waals surface area contributed by atoms with E-state index in [1.54, 1.807) is 18.3 Å². The summed E-state index contributed by atoms with van der Waals surface area (Å²) in [5, 5.41) is 4.71. The molecule has 26 heavy (non-hydrogen) atoms. The van der Waals surface area contributed by atoms with Crippen molar-refractivity contribution in [2.45, 2.75) is 12.8 Å². The number of likely N-dealkylation sites (tertiary alicyclic amines) is 1. The standard InChI is InChI=1S/C19H20ClN5O/c20-13-3-4-16-14(11-13)15(12-26)18(23-16)19-22-6-5-17(24-19)21-7-10-25-8-1-2-9-25/h3-6,11-12,23H,1-2,7-10H2,(H,21,22,24). The van der Waals surface area contributed by atoms with E-state index >= 15 is 0 Å². The van der Waals surface area contributed by atoms with Gasteiger partial charge in [-0.15, -0.1) is 0 Å². The summed E-state index contributed by atoms with van der Waals surface area (Å²) >= 11 is 6.06. The molecule has 2 aromatic heterocycles. The summed E-state index contributed by atoms with van der Waals surface area (Å²) < 4.78 is 0. The van der Waals surface area contributed by atoms with Crippen molar-refractivity contribution in [3.05, 3.63) is 41.0 Å². The minimum absolute atomic E-state index is 0.491. The van der Waals surface area contributed by atoms with Crippen LogP contribution >= 0.6 is 11.6 Å². The van der Waals surface area contributed by atoms with Crippen LogP contribution in [-0.2, 0) is 0 Å². The van der Waals surface area contributed by atoms with Crippen molar-refractivity contribution in [2.24, 2.45) is 0 Å². The molecule has 0 unspecified atom stereocenters. The number of aromatic amines is 1. The minimum atomic E-state index is 0.491. The van der Waals surface area contributed by atoms with Gasteiger partial charge in [-0.05, 0) is 50.2 Å². The van der Waals surface area contributed by atoms with E-state index in [4.69, 9.17) is 11.6 Å². The van der Waals surface area contributed by atoms with Gasteiger partial charge in [0.05, 0.1) is 11.3 Å². The van der Waals surface area contributed by atoms with Crippen LogP contribution in [-0.4, -0.2) is 52.3 Å². The number of halogens is 1. The Hall–Kier alpha value is -2.44. The van der Waals surface area contributed by atoms with Gasteiger partial charge in [0.15, 0.2) is 12.1 Å². The molecule has 0 aliphatic carbocycles. The third-order valence-corrected chi connectivity index (χ3v) is 4.97. The molecule has 0 atom stereocenters. The predicted molar refractivity (Wildman–Crippen MR) is 104 cm³/mol. The van der Waals surface area contributed by atoms with Crippen LogP contribution in [0.2, 0.25) is 5.02 Å². The number of anilines is 1. The maximum absolute atomic E-state index is 11.7. The topological polar surface area (TPSA) is 73.9 Å². The summed E-state index contributed by atoms with van der Waals surface area (Å²) in [6.07, 6.45) is 5.10. The van der Waals surface area contributed by atoms with Gasteiger partial charge in [0.2, 0.25) is 0 Å². The van der Waals surface area contributed by atoms with Crippen molar-refractivity contribution < 1.29 is 4.79 Å². The molecule has 2 N–H and O–H groups in total. The first kappa shape index (κ1) is 17.0. The highest BCUT2D eigenvalue weighted by Crippen LogP contribution is 2.29. The van der Waals surface area contributed by atoms with Gasteiger partial charge >= 0.3 is 0 Å². The Morgan fingerprint density at radius 2 is 2.12 bits per heavy atom. The van der Waals surface area contributed by atoms with Gasteiger partial charge in [0.1, 0.15) is 5.82 Å². The number of rotatable bonds is 6. The fourth-order valence-corrected chi connectivity index (χ4v) is 3.58. The second kappa shape index (κ2) is 7.43. The molecule has 1 saturated heterocycles. The average molecular weight is 370 g/mol. The molecule has 7 heteroatoms. The summed E-state index contributed by atoms with van der Waals surface area (Å²) in [5.41, 5.74) is 1.97. The van der Waals surface area contributed by atoms with E-state index in [-0.39, 0.29) is 0 Å².